The third-order valence-corrected chi connectivity index (χ3v) is 4.17. The molecule has 3 nitrogen and oxygen atoms in total. The molecule has 2 aromatic rings. The van der Waals surface area contributed by atoms with E-state index in [0.29, 0.717) is 16.3 Å². The monoisotopic (exact) mass is 404 g/mol. The van der Waals surface area contributed by atoms with Gasteiger partial charge in [-0.05, 0) is 59.2 Å². The second-order valence-electron chi connectivity index (χ2n) is 3.67. The van der Waals surface area contributed by atoms with Gasteiger partial charge in [0.05, 0.1) is 22.5 Å². The highest BCUT2D eigenvalue weighted by Gasteiger charge is 2.10. The molecule has 1 aromatic carbocycles. The lowest BCUT2D eigenvalue weighted by Crippen LogP contribution is -2.13. The van der Waals surface area contributed by atoms with Gasteiger partial charge in [-0.3, -0.25) is 4.79 Å². The number of hydrogen-bond acceptors (Lipinski definition) is 3. The SMILES string of the molecule is CSc1ccc(NC(=O)c2ccc(Cl)cc2I)cn1. The Morgan fingerprint density at radius 2 is 2.16 bits per heavy atom. The van der Waals surface area contributed by atoms with Crippen molar-refractivity contribution in [3.8, 4) is 0 Å². The average molecular weight is 405 g/mol. The van der Waals surface area contributed by atoms with E-state index in [2.05, 4.69) is 32.9 Å². The zero-order valence-electron chi connectivity index (χ0n) is 9.98. The Morgan fingerprint density at radius 3 is 2.74 bits per heavy atom. The molecule has 0 fully saturated rings. The summed E-state index contributed by atoms with van der Waals surface area (Å²) < 4.78 is 0.816. The number of hydrogen-bond donors (Lipinski definition) is 1. The van der Waals surface area contributed by atoms with Crippen molar-refractivity contribution in [3.63, 3.8) is 0 Å². The fourth-order valence-electron chi connectivity index (χ4n) is 1.45. The fourth-order valence-corrected chi connectivity index (χ4v) is 2.93. The number of benzene rings is 1. The van der Waals surface area contributed by atoms with Gasteiger partial charge in [-0.1, -0.05) is 11.6 Å². The van der Waals surface area contributed by atoms with Crippen molar-refractivity contribution in [3.05, 3.63) is 50.7 Å². The number of rotatable bonds is 3. The van der Waals surface area contributed by atoms with Gasteiger partial charge in [-0.25, -0.2) is 4.98 Å². The van der Waals surface area contributed by atoms with E-state index in [1.54, 1.807) is 36.2 Å². The molecule has 0 unspecified atom stereocenters. The summed E-state index contributed by atoms with van der Waals surface area (Å²) in [4.78, 5) is 16.3. The zero-order valence-corrected chi connectivity index (χ0v) is 13.7. The van der Waals surface area contributed by atoms with E-state index >= 15 is 0 Å². The molecule has 6 heteroatoms. The molecular formula is C13H10ClIN2OS. The maximum Gasteiger partial charge on any atom is 0.256 e. The summed E-state index contributed by atoms with van der Waals surface area (Å²) in [5.41, 5.74) is 1.27. The van der Waals surface area contributed by atoms with Crippen LogP contribution in [-0.4, -0.2) is 17.1 Å². The van der Waals surface area contributed by atoms with Crippen molar-refractivity contribution in [1.29, 1.82) is 0 Å². The largest absolute Gasteiger partial charge is 0.321 e. The number of carbonyl (C=O) groups excluding carboxylic acids is 1. The topological polar surface area (TPSA) is 42.0 Å². The Hall–Kier alpha value is -0.790. The van der Waals surface area contributed by atoms with Crippen molar-refractivity contribution in [2.45, 2.75) is 5.03 Å². The van der Waals surface area contributed by atoms with Crippen molar-refractivity contribution in [2.24, 2.45) is 0 Å². The molecule has 0 spiro atoms. The minimum atomic E-state index is -0.167. The van der Waals surface area contributed by atoms with Crippen LogP contribution in [0.15, 0.2) is 41.6 Å². The molecule has 1 aromatic heterocycles. The van der Waals surface area contributed by atoms with E-state index in [1.165, 1.54) is 0 Å². The van der Waals surface area contributed by atoms with Gasteiger partial charge >= 0.3 is 0 Å². The molecule has 0 saturated carbocycles. The van der Waals surface area contributed by atoms with Crippen molar-refractivity contribution in [2.75, 3.05) is 11.6 Å². The van der Waals surface area contributed by atoms with Gasteiger partial charge in [0.1, 0.15) is 0 Å². The zero-order chi connectivity index (χ0) is 13.8. The first-order valence-corrected chi connectivity index (χ1v) is 8.05. The molecule has 0 atom stereocenters. The molecule has 1 heterocycles. The van der Waals surface area contributed by atoms with Crippen LogP contribution in [0.2, 0.25) is 5.02 Å². The van der Waals surface area contributed by atoms with Gasteiger partial charge in [0.15, 0.2) is 0 Å². The lowest BCUT2D eigenvalue weighted by molar-refractivity contribution is 0.102. The Kier molecular flexibility index (Phi) is 5.06. The number of nitrogens with zero attached hydrogens (tertiary/aromatic N) is 1. The molecular weight excluding hydrogens is 395 g/mol. The number of halogens is 2. The van der Waals surface area contributed by atoms with E-state index in [-0.39, 0.29) is 5.91 Å². The highest BCUT2D eigenvalue weighted by atomic mass is 127. The third-order valence-electron chi connectivity index (χ3n) is 2.38. The average Bonchev–Trinajstić information content (AvgIpc) is 2.39. The Balaban J connectivity index is 2.15. The first-order valence-electron chi connectivity index (χ1n) is 5.36. The van der Waals surface area contributed by atoms with Crippen LogP contribution in [0.5, 0.6) is 0 Å². The predicted octanol–water partition coefficient (Wildman–Crippen LogP) is 4.31. The summed E-state index contributed by atoms with van der Waals surface area (Å²) >= 11 is 9.51. The predicted molar refractivity (Wildman–Crippen MR) is 88.1 cm³/mol. The van der Waals surface area contributed by atoms with Crippen molar-refractivity contribution >= 4 is 57.5 Å². The highest BCUT2D eigenvalue weighted by molar-refractivity contribution is 14.1. The van der Waals surface area contributed by atoms with Crippen LogP contribution in [0, 0.1) is 3.57 Å². The summed E-state index contributed by atoms with van der Waals surface area (Å²) in [6.45, 7) is 0. The molecule has 0 aliphatic rings. The van der Waals surface area contributed by atoms with Crippen LogP contribution in [-0.2, 0) is 0 Å². The molecule has 1 amide bonds. The first-order chi connectivity index (χ1) is 9.10. The Bertz CT molecular complexity index is 604. The summed E-state index contributed by atoms with van der Waals surface area (Å²) in [5.74, 6) is -0.167. The van der Waals surface area contributed by atoms with Crippen LogP contribution < -0.4 is 5.32 Å². The van der Waals surface area contributed by atoms with Crippen molar-refractivity contribution < 1.29 is 4.79 Å². The lowest BCUT2D eigenvalue weighted by Gasteiger charge is -2.07. The summed E-state index contributed by atoms with van der Waals surface area (Å²) in [7, 11) is 0. The van der Waals surface area contributed by atoms with Gasteiger partial charge in [0.25, 0.3) is 5.91 Å². The molecule has 0 saturated heterocycles. The number of thioether (sulfide) groups is 1. The number of nitrogens with one attached hydrogen (secondary N) is 1. The number of carbonyl (C=O) groups is 1. The molecule has 0 radical (unpaired) electrons. The number of amides is 1. The van der Waals surface area contributed by atoms with Crippen LogP contribution in [0.1, 0.15) is 10.4 Å². The standard InChI is InChI=1S/C13H10ClIN2OS/c1-19-12-5-3-9(7-16-12)17-13(18)10-4-2-8(14)6-11(10)15/h2-7H,1H3,(H,17,18). The van der Waals surface area contributed by atoms with E-state index < -0.39 is 0 Å². The minimum absolute atomic E-state index is 0.167. The smallest absolute Gasteiger partial charge is 0.256 e. The maximum atomic E-state index is 12.1. The highest BCUT2D eigenvalue weighted by Crippen LogP contribution is 2.20. The second kappa shape index (κ2) is 6.58. The van der Waals surface area contributed by atoms with Crippen LogP contribution in [0.3, 0.4) is 0 Å². The van der Waals surface area contributed by atoms with Gasteiger partial charge in [-0.2, -0.15) is 0 Å². The van der Waals surface area contributed by atoms with Gasteiger partial charge in [0.2, 0.25) is 0 Å². The van der Waals surface area contributed by atoms with Crippen molar-refractivity contribution in [1.82, 2.24) is 4.98 Å². The second-order valence-corrected chi connectivity index (χ2v) is 6.09. The number of anilines is 1. The number of aromatic nitrogens is 1. The summed E-state index contributed by atoms with van der Waals surface area (Å²) in [5, 5.41) is 4.34. The molecule has 0 aliphatic heterocycles. The molecule has 0 bridgehead atoms. The third kappa shape index (κ3) is 3.84. The van der Waals surface area contributed by atoms with Crippen LogP contribution in [0.25, 0.3) is 0 Å². The normalized spacial score (nSPS) is 10.3. The molecule has 0 aliphatic carbocycles. The van der Waals surface area contributed by atoms with E-state index in [0.717, 1.165) is 8.60 Å². The summed E-state index contributed by atoms with van der Waals surface area (Å²) in [6.07, 6.45) is 3.60. The maximum absolute atomic E-state index is 12.1. The minimum Gasteiger partial charge on any atom is -0.321 e. The van der Waals surface area contributed by atoms with Gasteiger partial charge < -0.3 is 5.32 Å². The molecule has 98 valence electrons. The molecule has 19 heavy (non-hydrogen) atoms. The van der Waals surface area contributed by atoms with Gasteiger partial charge in [-0.15, -0.1) is 11.8 Å². The Morgan fingerprint density at radius 1 is 1.37 bits per heavy atom. The van der Waals surface area contributed by atoms with E-state index in [1.807, 2.05) is 18.4 Å². The quantitative estimate of drug-likeness (QED) is 0.612. The van der Waals surface area contributed by atoms with E-state index in [4.69, 9.17) is 11.6 Å². The fraction of sp³-hybridized carbons (Fsp3) is 0.0769. The summed E-state index contributed by atoms with van der Waals surface area (Å²) in [6, 6.07) is 8.87. The molecule has 2 rings (SSSR count). The number of pyridine rings is 1. The lowest BCUT2D eigenvalue weighted by atomic mass is 10.2. The van der Waals surface area contributed by atoms with Crippen LogP contribution in [0.4, 0.5) is 5.69 Å². The van der Waals surface area contributed by atoms with Gasteiger partial charge in [0, 0.05) is 8.59 Å². The Labute approximate surface area is 134 Å². The van der Waals surface area contributed by atoms with E-state index in [9.17, 15) is 4.79 Å². The van der Waals surface area contributed by atoms with Crippen LogP contribution >= 0.6 is 46.0 Å². The first kappa shape index (κ1) is 14.6. The molecule has 1 N–H and O–H groups in total.